The van der Waals surface area contributed by atoms with Gasteiger partial charge in [0.15, 0.2) is 0 Å². The van der Waals surface area contributed by atoms with Crippen molar-refractivity contribution in [2.75, 3.05) is 40.9 Å². The maximum absolute atomic E-state index is 13.4. The number of hydrogen-bond donors (Lipinski definition) is 9. The first-order chi connectivity index (χ1) is 29.0. The molecular weight excluding hydrogens is 818 g/mol. The van der Waals surface area contributed by atoms with Gasteiger partial charge in [-0.1, -0.05) is 40.5 Å². The molecule has 0 aliphatic rings. The smallest absolute Gasteiger partial charge is 0.326 e. The second-order valence-electron chi connectivity index (χ2n) is 15.8. The molecule has 22 nitrogen and oxygen atoms in total. The molecule has 0 saturated heterocycles. The molecule has 0 saturated carbocycles. The molecule has 0 aromatic rings. The number of unbranched alkanes of at least 4 members (excludes halogenated alkanes) is 4. The zero-order chi connectivity index (χ0) is 47.5. The van der Waals surface area contributed by atoms with E-state index in [1.807, 2.05) is 5.32 Å². The van der Waals surface area contributed by atoms with Gasteiger partial charge in [-0.25, -0.2) is 19.2 Å². The summed E-state index contributed by atoms with van der Waals surface area (Å²) in [6.45, 7) is 7.96. The highest BCUT2D eigenvalue weighted by Gasteiger charge is 2.35. The van der Waals surface area contributed by atoms with E-state index in [2.05, 4.69) is 21.3 Å². The summed E-state index contributed by atoms with van der Waals surface area (Å²) in [5.74, 6) is -8.11. The van der Waals surface area contributed by atoms with Crippen molar-refractivity contribution in [1.29, 1.82) is 0 Å². The Balaban J connectivity index is 4.69. The number of nitrogens with one attached hydrogen (secondary N) is 5. The van der Waals surface area contributed by atoms with Crippen LogP contribution in [0.3, 0.4) is 0 Å². The molecule has 354 valence electrons. The van der Waals surface area contributed by atoms with Gasteiger partial charge < -0.3 is 61.5 Å². The van der Waals surface area contributed by atoms with Crippen LogP contribution in [0.1, 0.15) is 111 Å². The van der Waals surface area contributed by atoms with E-state index >= 15 is 0 Å². The molecule has 0 rings (SSSR count). The van der Waals surface area contributed by atoms with Crippen molar-refractivity contribution < 1.29 is 73.1 Å². The SMILES string of the molecule is COCCN(C)C(=O)C(NC(=O)C(C(C)C)N(C)C(=O)CCC(NC(=O)CCCCCCC(=O)NCCCCC(NC(=O)NC(CCC(=O)O)C(=O)O)C(=O)O)C(=O)O)C(C)C. The van der Waals surface area contributed by atoms with E-state index in [1.165, 1.54) is 24.0 Å². The predicted octanol–water partition coefficient (Wildman–Crippen LogP) is 0.762. The van der Waals surface area contributed by atoms with Gasteiger partial charge >= 0.3 is 29.9 Å². The summed E-state index contributed by atoms with van der Waals surface area (Å²) >= 11 is 0. The molecule has 5 atom stereocenters. The lowest BCUT2D eigenvalue weighted by atomic mass is 9.98. The fraction of sp³-hybridized carbons (Fsp3) is 0.750. The van der Waals surface area contributed by atoms with Gasteiger partial charge in [0.1, 0.15) is 30.2 Å². The van der Waals surface area contributed by atoms with Crippen LogP contribution in [0.2, 0.25) is 0 Å². The zero-order valence-electron chi connectivity index (χ0n) is 37.0. The minimum Gasteiger partial charge on any atom is -0.481 e. The molecule has 9 N–H and O–H groups in total. The van der Waals surface area contributed by atoms with E-state index in [9.17, 15) is 58.2 Å². The first kappa shape index (κ1) is 56.5. The van der Waals surface area contributed by atoms with Crippen LogP contribution in [0.4, 0.5) is 4.79 Å². The molecule has 0 aliphatic carbocycles. The fourth-order valence-corrected chi connectivity index (χ4v) is 6.23. The highest BCUT2D eigenvalue weighted by atomic mass is 16.5. The van der Waals surface area contributed by atoms with Gasteiger partial charge in [0.05, 0.1) is 6.61 Å². The highest BCUT2D eigenvalue weighted by Crippen LogP contribution is 2.15. The molecule has 7 amide bonds. The second-order valence-corrected chi connectivity index (χ2v) is 15.8. The fourth-order valence-electron chi connectivity index (χ4n) is 6.23. The number of rotatable bonds is 33. The number of methoxy groups -OCH3 is 1. The number of amides is 7. The largest absolute Gasteiger partial charge is 0.481 e. The standard InChI is InChI=1S/C40H69N7O15/c1-24(2)33(36(54)46(5)22-23-62-7)45-35(53)34(25(3)4)47(6)31(50)19-17-27(38(57)58)42-30(49)16-11-9-8-10-15-29(48)41-21-13-12-14-26(37(55)56)43-40(61)44-28(39(59)60)18-20-32(51)52/h24-28,33-34H,8-23H2,1-7H3,(H,41,48)(H,42,49)(H,45,53)(H,51,52)(H,55,56)(H,57,58)(H,59,60)(H2,43,44,61). The van der Waals surface area contributed by atoms with Crippen LogP contribution in [0, 0.1) is 11.8 Å². The van der Waals surface area contributed by atoms with Crippen molar-refractivity contribution in [2.24, 2.45) is 11.8 Å². The second kappa shape index (κ2) is 30.5. The summed E-state index contributed by atoms with van der Waals surface area (Å²) in [5.41, 5.74) is 0. The number of urea groups is 1. The van der Waals surface area contributed by atoms with Crippen LogP contribution < -0.4 is 26.6 Å². The lowest BCUT2D eigenvalue weighted by molar-refractivity contribution is -0.145. The Morgan fingerprint density at radius 2 is 1.10 bits per heavy atom. The third kappa shape index (κ3) is 23.5. The van der Waals surface area contributed by atoms with Crippen LogP contribution in [0.5, 0.6) is 0 Å². The van der Waals surface area contributed by atoms with Crippen molar-refractivity contribution in [3.8, 4) is 0 Å². The number of carboxylic acid groups (broad SMARTS) is 4. The van der Waals surface area contributed by atoms with Crippen LogP contribution in [-0.4, -0.2) is 161 Å². The maximum Gasteiger partial charge on any atom is 0.326 e. The number of nitrogens with zero attached hydrogens (tertiary/aromatic N) is 2. The lowest BCUT2D eigenvalue weighted by Gasteiger charge is -2.33. The minimum absolute atomic E-state index is 0.0142. The van der Waals surface area contributed by atoms with Gasteiger partial charge in [0.2, 0.25) is 29.5 Å². The van der Waals surface area contributed by atoms with E-state index < -0.39 is 84.3 Å². The molecule has 0 radical (unpaired) electrons. The van der Waals surface area contributed by atoms with Crippen LogP contribution in [0.15, 0.2) is 0 Å². The molecule has 0 aliphatic heterocycles. The number of hydrogen-bond acceptors (Lipinski definition) is 11. The topological polar surface area (TPSA) is 327 Å². The average Bonchev–Trinajstić information content (AvgIpc) is 3.18. The van der Waals surface area contributed by atoms with Crippen LogP contribution in [-0.2, 0) is 47.9 Å². The molecule has 5 unspecified atom stereocenters. The Kier molecular flexibility index (Phi) is 27.8. The molecule has 0 fully saturated rings. The first-order valence-electron chi connectivity index (χ1n) is 20.9. The normalized spacial score (nSPS) is 13.4. The van der Waals surface area contributed by atoms with Crippen molar-refractivity contribution in [3.05, 3.63) is 0 Å². The Hall–Kier alpha value is -5.54. The van der Waals surface area contributed by atoms with Crippen LogP contribution in [0.25, 0.3) is 0 Å². The van der Waals surface area contributed by atoms with E-state index in [-0.39, 0.29) is 68.7 Å². The predicted molar refractivity (Wildman–Crippen MR) is 222 cm³/mol. The van der Waals surface area contributed by atoms with E-state index in [0.29, 0.717) is 51.7 Å². The molecular formula is C40H69N7O15. The summed E-state index contributed by atoms with van der Waals surface area (Å²) in [6, 6.07) is -7.09. The van der Waals surface area contributed by atoms with Gasteiger partial charge in [-0.2, -0.15) is 0 Å². The number of carbonyl (C=O) groups excluding carboxylic acids is 6. The van der Waals surface area contributed by atoms with Gasteiger partial charge in [-0.3, -0.25) is 28.8 Å². The maximum atomic E-state index is 13.4. The zero-order valence-corrected chi connectivity index (χ0v) is 37.0. The van der Waals surface area contributed by atoms with Crippen molar-refractivity contribution in [3.63, 3.8) is 0 Å². The Bertz CT molecular complexity index is 1510. The molecule has 0 spiro atoms. The first-order valence-corrected chi connectivity index (χ1v) is 20.9. The Morgan fingerprint density at radius 3 is 1.60 bits per heavy atom. The molecule has 0 aromatic heterocycles. The molecule has 0 bridgehead atoms. The van der Waals surface area contributed by atoms with Gasteiger partial charge in [-0.05, 0) is 56.8 Å². The van der Waals surface area contributed by atoms with Gasteiger partial charge in [-0.15, -0.1) is 0 Å². The number of aliphatic carboxylic acids is 4. The average molecular weight is 888 g/mol. The van der Waals surface area contributed by atoms with E-state index in [0.717, 1.165) is 0 Å². The van der Waals surface area contributed by atoms with E-state index in [4.69, 9.17) is 14.9 Å². The van der Waals surface area contributed by atoms with Gasteiger partial charge in [0.25, 0.3) is 0 Å². The monoisotopic (exact) mass is 887 g/mol. The third-order valence-corrected chi connectivity index (χ3v) is 9.88. The molecule has 22 heteroatoms. The Morgan fingerprint density at radius 1 is 0.581 bits per heavy atom. The highest BCUT2D eigenvalue weighted by molar-refractivity contribution is 5.92. The minimum atomic E-state index is -1.52. The summed E-state index contributed by atoms with van der Waals surface area (Å²) in [6.07, 6.45) is 1.63. The summed E-state index contributed by atoms with van der Waals surface area (Å²) in [4.78, 5) is 125. The summed E-state index contributed by atoms with van der Waals surface area (Å²) in [7, 11) is 4.55. The number of carboxylic acids is 4. The van der Waals surface area contributed by atoms with Crippen molar-refractivity contribution in [1.82, 2.24) is 36.4 Å². The quantitative estimate of drug-likeness (QED) is 0.0411. The molecule has 0 aromatic carbocycles. The lowest BCUT2D eigenvalue weighted by Crippen LogP contribution is -2.57. The van der Waals surface area contributed by atoms with Crippen LogP contribution >= 0.6 is 0 Å². The molecule has 0 heterocycles. The van der Waals surface area contributed by atoms with E-state index in [1.54, 1.807) is 34.7 Å². The number of likely N-dealkylation sites (N-methyl/N-ethyl adjacent to an activating group) is 2. The molecule has 62 heavy (non-hydrogen) atoms. The van der Waals surface area contributed by atoms with Crippen molar-refractivity contribution in [2.45, 2.75) is 141 Å². The third-order valence-electron chi connectivity index (χ3n) is 9.88. The van der Waals surface area contributed by atoms with Gasteiger partial charge in [0, 0.05) is 60.0 Å². The Labute approximate surface area is 362 Å². The number of carbonyl (C=O) groups is 10. The summed E-state index contributed by atoms with van der Waals surface area (Å²) in [5, 5.41) is 49.2. The van der Waals surface area contributed by atoms with Crippen molar-refractivity contribution >= 4 is 59.4 Å². The summed E-state index contributed by atoms with van der Waals surface area (Å²) < 4.78 is 5.04. The number of ether oxygens (including phenoxy) is 1.